The number of hydrogen-bond acceptors (Lipinski definition) is 4. The molecule has 0 bridgehead atoms. The average Bonchev–Trinajstić information content (AvgIpc) is 2.77. The highest BCUT2D eigenvalue weighted by Gasteiger charge is 2.29. The molecule has 0 unspecified atom stereocenters. The van der Waals surface area contributed by atoms with E-state index < -0.39 is 34.3 Å². The highest BCUT2D eigenvalue weighted by atomic mass is 32.2. The average molecular weight is 478 g/mol. The minimum atomic E-state index is -3.88. The van der Waals surface area contributed by atoms with Gasteiger partial charge in [-0.3, -0.25) is 13.9 Å². The van der Waals surface area contributed by atoms with Gasteiger partial charge in [-0.25, -0.2) is 12.8 Å². The molecule has 0 heterocycles. The lowest BCUT2D eigenvalue weighted by Crippen LogP contribution is -2.52. The van der Waals surface area contributed by atoms with Gasteiger partial charge in [0.1, 0.15) is 18.4 Å². The number of amides is 2. The highest BCUT2D eigenvalue weighted by molar-refractivity contribution is 7.92. The van der Waals surface area contributed by atoms with Crippen LogP contribution >= 0.6 is 0 Å². The van der Waals surface area contributed by atoms with Crippen LogP contribution in [0.2, 0.25) is 0 Å². The second-order valence-corrected chi connectivity index (χ2v) is 9.80. The molecule has 0 aliphatic heterocycles. The van der Waals surface area contributed by atoms with E-state index in [2.05, 4.69) is 5.32 Å². The van der Waals surface area contributed by atoms with Crippen LogP contribution in [0.1, 0.15) is 32.3 Å². The SMILES string of the molecule is CCCCNC(=O)[C@@H](C)N(CCc1ccccc1)C(=O)CN(c1cccc(F)c1)S(C)(=O)=O. The Morgan fingerprint density at radius 1 is 1.09 bits per heavy atom. The van der Waals surface area contributed by atoms with E-state index >= 15 is 0 Å². The predicted octanol–water partition coefficient (Wildman–Crippen LogP) is 2.97. The lowest BCUT2D eigenvalue weighted by Gasteiger charge is -2.31. The first kappa shape index (κ1) is 26.3. The summed E-state index contributed by atoms with van der Waals surface area (Å²) in [6.07, 6.45) is 3.19. The Kier molecular flexibility index (Phi) is 9.84. The van der Waals surface area contributed by atoms with Gasteiger partial charge >= 0.3 is 0 Å². The zero-order chi connectivity index (χ0) is 24.4. The molecule has 0 aliphatic carbocycles. The fraction of sp³-hybridized carbons (Fsp3) is 0.417. The Balaban J connectivity index is 2.26. The molecule has 2 aromatic carbocycles. The van der Waals surface area contributed by atoms with Crippen molar-refractivity contribution < 1.29 is 22.4 Å². The van der Waals surface area contributed by atoms with Crippen LogP contribution in [0, 0.1) is 5.82 Å². The molecular weight excluding hydrogens is 445 g/mol. The third kappa shape index (κ3) is 8.16. The maximum absolute atomic E-state index is 13.7. The van der Waals surface area contributed by atoms with E-state index in [0.29, 0.717) is 13.0 Å². The van der Waals surface area contributed by atoms with Gasteiger partial charge in [-0.2, -0.15) is 0 Å². The van der Waals surface area contributed by atoms with E-state index in [0.717, 1.165) is 35.0 Å². The van der Waals surface area contributed by atoms with Crippen molar-refractivity contribution in [2.45, 2.75) is 39.2 Å². The third-order valence-corrected chi connectivity index (χ3v) is 6.40. The van der Waals surface area contributed by atoms with Crippen LogP contribution < -0.4 is 9.62 Å². The van der Waals surface area contributed by atoms with Crippen LogP contribution in [-0.2, 0) is 26.0 Å². The molecule has 1 N–H and O–H groups in total. The van der Waals surface area contributed by atoms with Crippen LogP contribution in [0.5, 0.6) is 0 Å². The van der Waals surface area contributed by atoms with Crippen molar-refractivity contribution in [2.75, 3.05) is 30.2 Å². The van der Waals surface area contributed by atoms with Gasteiger partial charge in [0.15, 0.2) is 0 Å². The van der Waals surface area contributed by atoms with E-state index in [4.69, 9.17) is 0 Å². The van der Waals surface area contributed by atoms with Crippen molar-refractivity contribution in [1.82, 2.24) is 10.2 Å². The molecule has 0 fully saturated rings. The smallest absolute Gasteiger partial charge is 0.244 e. The summed E-state index contributed by atoms with van der Waals surface area (Å²) in [6, 6.07) is 13.8. The fourth-order valence-electron chi connectivity index (χ4n) is 3.35. The summed E-state index contributed by atoms with van der Waals surface area (Å²) >= 11 is 0. The lowest BCUT2D eigenvalue weighted by molar-refractivity contribution is -0.138. The molecule has 180 valence electrons. The van der Waals surface area contributed by atoms with Crippen LogP contribution in [0.25, 0.3) is 0 Å². The molecule has 0 spiro atoms. The molecule has 2 rings (SSSR count). The molecular formula is C24H32FN3O4S. The Bertz CT molecular complexity index is 1030. The van der Waals surface area contributed by atoms with Crippen molar-refractivity contribution in [1.29, 1.82) is 0 Å². The fourth-order valence-corrected chi connectivity index (χ4v) is 4.19. The molecule has 0 aromatic heterocycles. The van der Waals surface area contributed by atoms with Crippen molar-refractivity contribution in [3.63, 3.8) is 0 Å². The predicted molar refractivity (Wildman–Crippen MR) is 128 cm³/mol. The number of nitrogens with one attached hydrogen (secondary N) is 1. The minimum absolute atomic E-state index is 0.0499. The number of sulfonamides is 1. The first-order valence-electron chi connectivity index (χ1n) is 11.0. The molecule has 33 heavy (non-hydrogen) atoms. The topological polar surface area (TPSA) is 86.8 Å². The number of rotatable bonds is 12. The molecule has 0 aliphatic rings. The molecule has 1 atom stereocenters. The van der Waals surface area contributed by atoms with Crippen molar-refractivity contribution in [3.05, 3.63) is 66.0 Å². The van der Waals surface area contributed by atoms with Gasteiger partial charge in [-0.05, 0) is 43.5 Å². The number of hydrogen-bond donors (Lipinski definition) is 1. The second kappa shape index (κ2) is 12.3. The quantitative estimate of drug-likeness (QED) is 0.476. The number of benzene rings is 2. The normalized spacial score (nSPS) is 12.1. The second-order valence-electron chi connectivity index (χ2n) is 7.89. The summed E-state index contributed by atoms with van der Waals surface area (Å²) < 4.78 is 39.4. The number of carbonyl (C=O) groups is 2. The maximum Gasteiger partial charge on any atom is 0.244 e. The zero-order valence-corrected chi connectivity index (χ0v) is 20.1. The number of halogens is 1. The lowest BCUT2D eigenvalue weighted by atomic mass is 10.1. The molecule has 7 nitrogen and oxygen atoms in total. The molecule has 0 saturated carbocycles. The van der Waals surface area contributed by atoms with Gasteiger partial charge in [0.2, 0.25) is 21.8 Å². The maximum atomic E-state index is 13.7. The summed E-state index contributed by atoms with van der Waals surface area (Å²) in [5, 5.41) is 2.83. The van der Waals surface area contributed by atoms with Gasteiger partial charge in [0.05, 0.1) is 11.9 Å². The van der Waals surface area contributed by atoms with Crippen molar-refractivity contribution in [3.8, 4) is 0 Å². The van der Waals surface area contributed by atoms with Gasteiger partial charge in [0, 0.05) is 13.1 Å². The van der Waals surface area contributed by atoms with Gasteiger partial charge in [-0.1, -0.05) is 49.7 Å². The zero-order valence-electron chi connectivity index (χ0n) is 19.3. The molecule has 2 amide bonds. The van der Waals surface area contributed by atoms with Crippen LogP contribution in [0.4, 0.5) is 10.1 Å². The van der Waals surface area contributed by atoms with Crippen LogP contribution in [0.3, 0.4) is 0 Å². The Morgan fingerprint density at radius 3 is 2.39 bits per heavy atom. The first-order valence-corrected chi connectivity index (χ1v) is 12.8. The van der Waals surface area contributed by atoms with E-state index in [-0.39, 0.29) is 18.1 Å². The monoisotopic (exact) mass is 477 g/mol. The van der Waals surface area contributed by atoms with Crippen molar-refractivity contribution >= 4 is 27.5 Å². The standard InChI is InChI=1S/C24H32FN3O4S/c1-4-5-15-26-24(30)19(2)27(16-14-20-10-7-6-8-11-20)23(29)18-28(33(3,31)32)22-13-9-12-21(25)17-22/h6-13,17,19H,4-5,14-16,18H2,1-3H3,(H,26,30)/t19-/m1/s1. The molecule has 0 saturated heterocycles. The van der Waals surface area contributed by atoms with Gasteiger partial charge < -0.3 is 10.2 Å². The molecule has 2 aromatic rings. The minimum Gasteiger partial charge on any atom is -0.354 e. The summed E-state index contributed by atoms with van der Waals surface area (Å²) in [5.41, 5.74) is 1.04. The Morgan fingerprint density at radius 2 is 1.79 bits per heavy atom. The Labute approximate surface area is 195 Å². The van der Waals surface area contributed by atoms with E-state index in [1.54, 1.807) is 6.92 Å². The van der Waals surface area contributed by atoms with Gasteiger partial charge in [0.25, 0.3) is 0 Å². The number of nitrogens with zero attached hydrogens (tertiary/aromatic N) is 2. The van der Waals surface area contributed by atoms with Crippen molar-refractivity contribution in [2.24, 2.45) is 0 Å². The third-order valence-electron chi connectivity index (χ3n) is 5.26. The van der Waals surface area contributed by atoms with E-state index in [1.165, 1.54) is 23.1 Å². The number of unbranched alkanes of at least 4 members (excludes halogenated alkanes) is 1. The summed E-state index contributed by atoms with van der Waals surface area (Å²) in [6.45, 7) is 3.82. The van der Waals surface area contributed by atoms with Crippen LogP contribution in [-0.4, -0.2) is 57.1 Å². The van der Waals surface area contributed by atoms with E-state index in [1.807, 2.05) is 37.3 Å². The number of carbonyl (C=O) groups excluding carboxylic acids is 2. The summed E-state index contributed by atoms with van der Waals surface area (Å²) in [4.78, 5) is 27.4. The molecule has 0 radical (unpaired) electrons. The highest BCUT2D eigenvalue weighted by Crippen LogP contribution is 2.19. The van der Waals surface area contributed by atoms with Gasteiger partial charge in [-0.15, -0.1) is 0 Å². The Hall–Kier alpha value is -2.94. The largest absolute Gasteiger partial charge is 0.354 e. The summed E-state index contributed by atoms with van der Waals surface area (Å²) in [7, 11) is -3.88. The van der Waals surface area contributed by atoms with Crippen LogP contribution in [0.15, 0.2) is 54.6 Å². The summed E-state index contributed by atoms with van der Waals surface area (Å²) in [5.74, 6) is -1.46. The number of anilines is 1. The molecule has 9 heteroatoms. The van der Waals surface area contributed by atoms with E-state index in [9.17, 15) is 22.4 Å². The first-order chi connectivity index (χ1) is 15.6.